The van der Waals surface area contributed by atoms with E-state index < -0.39 is 15.8 Å². The van der Waals surface area contributed by atoms with Crippen LogP contribution in [0.2, 0.25) is 5.02 Å². The quantitative estimate of drug-likeness (QED) is 0.693. The number of hydrogen-bond acceptors (Lipinski definition) is 3. The predicted molar refractivity (Wildman–Crippen MR) is 80.5 cm³/mol. The van der Waals surface area contributed by atoms with Crippen LogP contribution in [0, 0.1) is 12.7 Å². The highest BCUT2D eigenvalue weighted by molar-refractivity contribution is 7.89. The number of nitrogens with one attached hydrogen (secondary N) is 1. The van der Waals surface area contributed by atoms with Crippen molar-refractivity contribution in [2.45, 2.75) is 11.8 Å². The van der Waals surface area contributed by atoms with Crippen LogP contribution in [0.15, 0.2) is 52.5 Å². The SMILES string of the molecule is Cc1ccc(S(=O)(=O)N/N=C\c2ccc(Cl)cc2F)cc1. The van der Waals surface area contributed by atoms with E-state index >= 15 is 0 Å². The summed E-state index contributed by atoms with van der Waals surface area (Å²) in [5.74, 6) is -0.583. The van der Waals surface area contributed by atoms with E-state index in [9.17, 15) is 12.8 Å². The van der Waals surface area contributed by atoms with Crippen molar-refractivity contribution in [1.29, 1.82) is 0 Å². The van der Waals surface area contributed by atoms with Crippen molar-refractivity contribution >= 4 is 27.8 Å². The molecule has 7 heteroatoms. The molecule has 0 heterocycles. The molecule has 110 valence electrons. The van der Waals surface area contributed by atoms with E-state index in [1.807, 2.05) is 11.8 Å². The normalized spacial score (nSPS) is 11.8. The molecule has 0 aliphatic carbocycles. The Morgan fingerprint density at radius 1 is 1.19 bits per heavy atom. The van der Waals surface area contributed by atoms with E-state index in [2.05, 4.69) is 5.10 Å². The lowest BCUT2D eigenvalue weighted by Crippen LogP contribution is -2.18. The summed E-state index contributed by atoms with van der Waals surface area (Å²) in [6, 6.07) is 10.3. The first-order valence-electron chi connectivity index (χ1n) is 5.95. The summed E-state index contributed by atoms with van der Waals surface area (Å²) in [7, 11) is -3.76. The topological polar surface area (TPSA) is 58.5 Å². The molecule has 0 radical (unpaired) electrons. The standard InChI is InChI=1S/C14H12ClFN2O2S/c1-10-2-6-13(7-3-10)21(19,20)18-17-9-11-4-5-12(15)8-14(11)16/h2-9,18H,1H3/b17-9-. The molecule has 0 atom stereocenters. The smallest absolute Gasteiger partial charge is 0.206 e. The van der Waals surface area contributed by atoms with Crippen molar-refractivity contribution in [3.63, 3.8) is 0 Å². The molecular formula is C14H12ClFN2O2S. The second-order valence-electron chi connectivity index (χ2n) is 4.33. The molecule has 0 saturated carbocycles. The molecule has 0 aromatic heterocycles. The molecule has 2 aromatic carbocycles. The number of halogens is 2. The Bertz CT molecular complexity index is 774. The molecule has 0 spiro atoms. The Labute approximate surface area is 127 Å². The lowest BCUT2D eigenvalue weighted by molar-refractivity contribution is 0.584. The maximum atomic E-state index is 13.5. The number of hydrogen-bond donors (Lipinski definition) is 1. The molecule has 0 aliphatic heterocycles. The average molecular weight is 327 g/mol. The summed E-state index contributed by atoms with van der Waals surface area (Å²) in [5.41, 5.74) is 1.08. The first kappa shape index (κ1) is 15.5. The number of aryl methyl sites for hydroxylation is 1. The Morgan fingerprint density at radius 2 is 1.86 bits per heavy atom. The van der Waals surface area contributed by atoms with Crippen LogP contribution in [-0.2, 0) is 10.0 Å². The van der Waals surface area contributed by atoms with Crippen LogP contribution in [0.3, 0.4) is 0 Å². The molecule has 0 amide bonds. The molecule has 2 aromatic rings. The monoisotopic (exact) mass is 326 g/mol. The molecule has 21 heavy (non-hydrogen) atoms. The summed E-state index contributed by atoms with van der Waals surface area (Å²) in [4.78, 5) is 2.11. The van der Waals surface area contributed by atoms with Crippen LogP contribution < -0.4 is 4.83 Å². The number of benzene rings is 2. The zero-order valence-corrected chi connectivity index (χ0v) is 12.6. The third kappa shape index (κ3) is 4.03. The van der Waals surface area contributed by atoms with Crippen molar-refractivity contribution in [1.82, 2.24) is 4.83 Å². The van der Waals surface area contributed by atoms with Gasteiger partial charge in [0.15, 0.2) is 0 Å². The number of nitrogens with zero attached hydrogens (tertiary/aromatic N) is 1. The minimum absolute atomic E-state index is 0.0850. The molecule has 4 nitrogen and oxygen atoms in total. The van der Waals surface area contributed by atoms with Gasteiger partial charge in [0, 0.05) is 10.6 Å². The zero-order valence-electron chi connectivity index (χ0n) is 11.0. The minimum Gasteiger partial charge on any atom is -0.206 e. The van der Waals surface area contributed by atoms with Gasteiger partial charge in [-0.1, -0.05) is 29.3 Å². The minimum atomic E-state index is -3.76. The summed E-state index contributed by atoms with van der Waals surface area (Å²) in [6.45, 7) is 1.85. The highest BCUT2D eigenvalue weighted by atomic mass is 35.5. The van der Waals surface area contributed by atoms with Gasteiger partial charge in [-0.2, -0.15) is 13.5 Å². The van der Waals surface area contributed by atoms with Crippen LogP contribution in [0.4, 0.5) is 4.39 Å². The molecule has 0 saturated heterocycles. The van der Waals surface area contributed by atoms with Crippen molar-refractivity contribution < 1.29 is 12.8 Å². The van der Waals surface area contributed by atoms with Crippen LogP contribution in [0.1, 0.15) is 11.1 Å². The molecule has 2 rings (SSSR count). The molecular weight excluding hydrogens is 315 g/mol. The fourth-order valence-corrected chi connectivity index (χ4v) is 2.49. The van der Waals surface area contributed by atoms with Gasteiger partial charge in [-0.3, -0.25) is 0 Å². The van der Waals surface area contributed by atoms with Gasteiger partial charge in [-0.15, -0.1) is 0 Å². The van der Waals surface area contributed by atoms with E-state index in [0.29, 0.717) is 0 Å². The fourth-order valence-electron chi connectivity index (χ4n) is 1.54. The summed E-state index contributed by atoms with van der Waals surface area (Å²) in [5, 5.41) is 3.81. The van der Waals surface area contributed by atoms with E-state index in [0.717, 1.165) is 17.8 Å². The highest BCUT2D eigenvalue weighted by Gasteiger charge is 2.11. The van der Waals surface area contributed by atoms with Gasteiger partial charge < -0.3 is 0 Å². The Hall–Kier alpha value is -1.92. The maximum absolute atomic E-state index is 13.5. The molecule has 0 bridgehead atoms. The second-order valence-corrected chi connectivity index (χ2v) is 6.43. The van der Waals surface area contributed by atoms with Crippen molar-refractivity contribution in [2.24, 2.45) is 5.10 Å². The molecule has 1 N–H and O–H groups in total. The van der Waals surface area contributed by atoms with Crippen molar-refractivity contribution in [3.05, 3.63) is 64.4 Å². The lowest BCUT2D eigenvalue weighted by atomic mass is 10.2. The van der Waals surface area contributed by atoms with Gasteiger partial charge in [-0.05, 0) is 37.3 Å². The number of sulfonamides is 1. The summed E-state index contributed by atoms with van der Waals surface area (Å²) >= 11 is 5.62. The zero-order chi connectivity index (χ0) is 15.5. The first-order chi connectivity index (χ1) is 9.88. The highest BCUT2D eigenvalue weighted by Crippen LogP contribution is 2.13. The van der Waals surface area contributed by atoms with E-state index in [4.69, 9.17) is 11.6 Å². The second kappa shape index (κ2) is 6.24. The Balaban J connectivity index is 2.14. The molecule has 0 unspecified atom stereocenters. The van der Waals surface area contributed by atoms with Crippen molar-refractivity contribution in [3.8, 4) is 0 Å². The van der Waals surface area contributed by atoms with Gasteiger partial charge in [0.25, 0.3) is 10.0 Å². The van der Waals surface area contributed by atoms with Crippen LogP contribution in [0.5, 0.6) is 0 Å². The van der Waals surface area contributed by atoms with E-state index in [1.165, 1.54) is 24.3 Å². The Kier molecular flexibility index (Phi) is 4.59. The van der Waals surface area contributed by atoms with E-state index in [-0.39, 0.29) is 15.5 Å². The van der Waals surface area contributed by atoms with Gasteiger partial charge >= 0.3 is 0 Å². The van der Waals surface area contributed by atoms with Gasteiger partial charge in [0.2, 0.25) is 0 Å². The summed E-state index contributed by atoms with van der Waals surface area (Å²) < 4.78 is 37.4. The van der Waals surface area contributed by atoms with Gasteiger partial charge in [0.05, 0.1) is 11.1 Å². The van der Waals surface area contributed by atoms with Gasteiger partial charge in [0.1, 0.15) is 5.82 Å². The van der Waals surface area contributed by atoms with Crippen LogP contribution in [0.25, 0.3) is 0 Å². The van der Waals surface area contributed by atoms with E-state index in [1.54, 1.807) is 12.1 Å². The predicted octanol–water partition coefficient (Wildman–Crippen LogP) is 3.10. The lowest BCUT2D eigenvalue weighted by Gasteiger charge is -2.03. The fraction of sp³-hybridized carbons (Fsp3) is 0.0714. The van der Waals surface area contributed by atoms with Crippen LogP contribution >= 0.6 is 11.6 Å². The third-order valence-electron chi connectivity index (χ3n) is 2.67. The Morgan fingerprint density at radius 3 is 2.48 bits per heavy atom. The van der Waals surface area contributed by atoms with Crippen molar-refractivity contribution in [2.75, 3.05) is 0 Å². The first-order valence-corrected chi connectivity index (χ1v) is 7.81. The number of hydrazone groups is 1. The maximum Gasteiger partial charge on any atom is 0.276 e. The van der Waals surface area contributed by atoms with Gasteiger partial charge in [-0.25, -0.2) is 9.22 Å². The number of rotatable bonds is 4. The molecule has 0 aliphatic rings. The largest absolute Gasteiger partial charge is 0.276 e. The summed E-state index contributed by atoms with van der Waals surface area (Å²) in [6.07, 6.45) is 1.08. The molecule has 0 fully saturated rings. The van der Waals surface area contributed by atoms with Crippen LogP contribution in [-0.4, -0.2) is 14.6 Å². The third-order valence-corrected chi connectivity index (χ3v) is 4.14. The average Bonchev–Trinajstić information content (AvgIpc) is 2.41.